The van der Waals surface area contributed by atoms with Gasteiger partial charge in [0.05, 0.1) is 0 Å². The Labute approximate surface area is 164 Å². The van der Waals surface area contributed by atoms with Gasteiger partial charge in [-0.1, -0.05) is 32.9 Å². The van der Waals surface area contributed by atoms with Crippen molar-refractivity contribution in [2.24, 2.45) is 0 Å². The number of nitrogens with zero attached hydrogens (tertiary/aromatic N) is 2. The van der Waals surface area contributed by atoms with Crippen molar-refractivity contribution in [2.45, 2.75) is 27.7 Å². The maximum atomic E-state index is 13.1. The molecule has 1 aromatic heterocycles. The molecular formula is C20H26FN3O4. The van der Waals surface area contributed by atoms with E-state index in [1.54, 1.807) is 6.07 Å². The number of carbonyl (C=O) groups excluding carboxylic acids is 2. The first-order valence-electron chi connectivity index (χ1n) is 8.97. The van der Waals surface area contributed by atoms with E-state index < -0.39 is 23.4 Å². The van der Waals surface area contributed by atoms with Gasteiger partial charge in [0.25, 0.3) is 0 Å². The number of nitrogens with one attached hydrogen (secondary N) is 1. The molecule has 0 saturated carbocycles. The highest BCUT2D eigenvalue weighted by molar-refractivity contribution is 5.95. The molecule has 2 N–H and O–H groups in total. The van der Waals surface area contributed by atoms with E-state index in [0.29, 0.717) is 11.1 Å². The fraction of sp³-hybridized carbons (Fsp3) is 0.350. The van der Waals surface area contributed by atoms with E-state index in [1.165, 1.54) is 50.1 Å². The Kier molecular flexibility index (Phi) is 9.59. The fourth-order valence-corrected chi connectivity index (χ4v) is 2.29. The highest BCUT2D eigenvalue weighted by atomic mass is 19.1. The van der Waals surface area contributed by atoms with Gasteiger partial charge in [-0.05, 0) is 43.4 Å². The standard InChI is InChI=1S/C14H11FN2O4.C6H15N/c1-8(18)21-17-14(20)13-12(19)6-10(7-16-13)9-3-2-4-11(15)5-9;1-4-7(5-2)6-3/h2-7,19H,1H3,(H,17,20);4-6H2,1-3H3. The van der Waals surface area contributed by atoms with Crippen LogP contribution >= 0.6 is 0 Å². The van der Waals surface area contributed by atoms with Gasteiger partial charge >= 0.3 is 11.9 Å². The Hall–Kier alpha value is -3.00. The largest absolute Gasteiger partial charge is 0.505 e. The summed E-state index contributed by atoms with van der Waals surface area (Å²) in [5.74, 6) is -2.42. The lowest BCUT2D eigenvalue weighted by atomic mass is 10.1. The van der Waals surface area contributed by atoms with Gasteiger partial charge in [-0.25, -0.2) is 9.37 Å². The SMILES string of the molecule is CC(=O)ONC(=O)c1ncc(-c2cccc(F)c2)cc1O.CCN(CC)CC. The van der Waals surface area contributed by atoms with Crippen molar-refractivity contribution in [1.29, 1.82) is 0 Å². The lowest BCUT2D eigenvalue weighted by molar-refractivity contribution is -0.146. The quantitative estimate of drug-likeness (QED) is 0.761. The minimum absolute atomic E-state index is 0.309. The van der Waals surface area contributed by atoms with E-state index in [0.717, 1.165) is 6.92 Å². The molecule has 0 radical (unpaired) electrons. The summed E-state index contributed by atoms with van der Waals surface area (Å²) in [5, 5.41) is 9.80. The van der Waals surface area contributed by atoms with E-state index in [1.807, 2.05) is 5.48 Å². The highest BCUT2D eigenvalue weighted by Crippen LogP contribution is 2.25. The number of hydroxylamine groups is 1. The smallest absolute Gasteiger partial charge is 0.329 e. The summed E-state index contributed by atoms with van der Waals surface area (Å²) in [7, 11) is 0. The number of pyridine rings is 1. The number of hydrogen-bond acceptors (Lipinski definition) is 6. The van der Waals surface area contributed by atoms with Crippen LogP contribution in [0.1, 0.15) is 38.2 Å². The molecular weight excluding hydrogens is 365 g/mol. The van der Waals surface area contributed by atoms with Crippen molar-refractivity contribution < 1.29 is 23.9 Å². The van der Waals surface area contributed by atoms with Crippen molar-refractivity contribution in [3.8, 4) is 16.9 Å². The van der Waals surface area contributed by atoms with E-state index in [-0.39, 0.29) is 5.69 Å². The average Bonchev–Trinajstić information content (AvgIpc) is 2.68. The van der Waals surface area contributed by atoms with Gasteiger partial charge in [0, 0.05) is 18.7 Å². The van der Waals surface area contributed by atoms with E-state index in [2.05, 4.69) is 35.5 Å². The molecule has 28 heavy (non-hydrogen) atoms. The van der Waals surface area contributed by atoms with Gasteiger partial charge in [-0.15, -0.1) is 0 Å². The molecule has 0 aliphatic heterocycles. The second-order valence-corrected chi connectivity index (χ2v) is 5.75. The van der Waals surface area contributed by atoms with Crippen LogP contribution in [0.15, 0.2) is 36.5 Å². The third-order valence-electron chi connectivity index (χ3n) is 3.87. The first-order valence-corrected chi connectivity index (χ1v) is 8.97. The topological polar surface area (TPSA) is 91.8 Å². The summed E-state index contributed by atoms with van der Waals surface area (Å²) < 4.78 is 13.1. The van der Waals surface area contributed by atoms with E-state index in [9.17, 15) is 19.1 Å². The number of halogens is 1. The molecule has 2 rings (SSSR count). The highest BCUT2D eigenvalue weighted by Gasteiger charge is 2.15. The van der Waals surface area contributed by atoms with Crippen LogP contribution < -0.4 is 5.48 Å². The van der Waals surface area contributed by atoms with Crippen molar-refractivity contribution in [2.75, 3.05) is 19.6 Å². The third kappa shape index (κ3) is 7.32. The first-order chi connectivity index (χ1) is 13.3. The summed E-state index contributed by atoms with van der Waals surface area (Å²) in [6.45, 7) is 11.2. The summed E-state index contributed by atoms with van der Waals surface area (Å²) in [6, 6.07) is 6.98. The van der Waals surface area contributed by atoms with Crippen LogP contribution in [0.2, 0.25) is 0 Å². The minimum atomic E-state index is -0.867. The second-order valence-electron chi connectivity index (χ2n) is 5.75. The van der Waals surface area contributed by atoms with Gasteiger partial charge in [0.15, 0.2) is 5.69 Å². The zero-order valence-corrected chi connectivity index (χ0v) is 16.5. The number of aromatic hydroxyl groups is 1. The zero-order valence-electron chi connectivity index (χ0n) is 16.5. The number of amides is 1. The number of aromatic nitrogens is 1. The number of rotatable bonds is 5. The molecule has 0 bridgehead atoms. The Morgan fingerprint density at radius 2 is 1.79 bits per heavy atom. The van der Waals surface area contributed by atoms with Gasteiger partial charge < -0.3 is 14.8 Å². The molecule has 8 heteroatoms. The van der Waals surface area contributed by atoms with Crippen molar-refractivity contribution in [3.05, 3.63) is 48.0 Å². The van der Waals surface area contributed by atoms with Gasteiger partial charge in [-0.2, -0.15) is 5.48 Å². The molecule has 2 aromatic rings. The molecule has 0 atom stereocenters. The van der Waals surface area contributed by atoms with Crippen LogP contribution in [-0.2, 0) is 9.63 Å². The van der Waals surface area contributed by atoms with Crippen LogP contribution in [0.3, 0.4) is 0 Å². The molecule has 1 aromatic carbocycles. The maximum Gasteiger partial charge on any atom is 0.329 e. The lowest BCUT2D eigenvalue weighted by Gasteiger charge is -2.13. The average molecular weight is 391 g/mol. The zero-order chi connectivity index (χ0) is 21.1. The molecule has 0 spiro atoms. The van der Waals surface area contributed by atoms with Crippen LogP contribution in [0.25, 0.3) is 11.1 Å². The summed E-state index contributed by atoms with van der Waals surface area (Å²) in [4.78, 5) is 32.6. The Bertz CT molecular complexity index is 789. The van der Waals surface area contributed by atoms with E-state index >= 15 is 0 Å². The normalized spacial score (nSPS) is 10.1. The number of hydrogen-bond donors (Lipinski definition) is 2. The fourth-order valence-electron chi connectivity index (χ4n) is 2.29. The van der Waals surface area contributed by atoms with Crippen LogP contribution in [0, 0.1) is 5.82 Å². The number of carbonyl (C=O) groups is 2. The summed E-state index contributed by atoms with van der Waals surface area (Å²) >= 11 is 0. The molecule has 1 heterocycles. The van der Waals surface area contributed by atoms with Crippen LogP contribution in [-0.4, -0.2) is 46.5 Å². The molecule has 0 fully saturated rings. The Morgan fingerprint density at radius 3 is 2.25 bits per heavy atom. The lowest BCUT2D eigenvalue weighted by Crippen LogP contribution is -2.26. The van der Waals surface area contributed by atoms with Crippen molar-refractivity contribution in [3.63, 3.8) is 0 Å². The maximum absolute atomic E-state index is 13.1. The van der Waals surface area contributed by atoms with E-state index in [4.69, 9.17) is 0 Å². The van der Waals surface area contributed by atoms with Crippen LogP contribution in [0.5, 0.6) is 5.75 Å². The van der Waals surface area contributed by atoms with Gasteiger partial charge in [0.1, 0.15) is 11.6 Å². The molecule has 0 unspecified atom stereocenters. The molecule has 152 valence electrons. The van der Waals surface area contributed by atoms with Crippen molar-refractivity contribution >= 4 is 11.9 Å². The van der Waals surface area contributed by atoms with Gasteiger partial charge in [0.2, 0.25) is 0 Å². The molecule has 0 saturated heterocycles. The predicted molar refractivity (Wildman–Crippen MR) is 104 cm³/mol. The van der Waals surface area contributed by atoms with Gasteiger partial charge in [-0.3, -0.25) is 9.59 Å². The third-order valence-corrected chi connectivity index (χ3v) is 3.87. The minimum Gasteiger partial charge on any atom is -0.505 e. The molecule has 0 aliphatic carbocycles. The summed E-state index contributed by atoms with van der Waals surface area (Å²) in [6.07, 6.45) is 1.30. The molecule has 7 nitrogen and oxygen atoms in total. The first kappa shape index (κ1) is 23.0. The predicted octanol–water partition coefficient (Wildman–Crippen LogP) is 3.15. The summed E-state index contributed by atoms with van der Waals surface area (Å²) in [5.41, 5.74) is 2.47. The van der Waals surface area contributed by atoms with Crippen LogP contribution in [0.4, 0.5) is 4.39 Å². The Balaban J connectivity index is 0.000000480. The Morgan fingerprint density at radius 1 is 1.14 bits per heavy atom. The monoisotopic (exact) mass is 391 g/mol. The molecule has 1 amide bonds. The molecule has 0 aliphatic rings. The number of benzene rings is 1. The van der Waals surface area contributed by atoms with Crippen molar-refractivity contribution in [1.82, 2.24) is 15.4 Å². The second kappa shape index (κ2) is 11.7.